The van der Waals surface area contributed by atoms with Gasteiger partial charge in [0.15, 0.2) is 0 Å². The zero-order valence-electron chi connectivity index (χ0n) is 11.4. The first-order chi connectivity index (χ1) is 9.60. The number of nitro benzene ring substituents is 1. The van der Waals surface area contributed by atoms with Crippen molar-refractivity contribution >= 4 is 5.69 Å². The van der Waals surface area contributed by atoms with Crippen LogP contribution in [-0.4, -0.2) is 12.0 Å². The molecule has 5 nitrogen and oxygen atoms in total. The molecule has 20 heavy (non-hydrogen) atoms. The lowest BCUT2D eigenvalue weighted by atomic mass is 10.2. The van der Waals surface area contributed by atoms with Gasteiger partial charge in [-0.15, -0.1) is 0 Å². The highest BCUT2D eigenvalue weighted by atomic mass is 16.6. The molecular formula is C15H16N2O3. The summed E-state index contributed by atoms with van der Waals surface area (Å²) in [5.41, 5.74) is 1.77. The van der Waals surface area contributed by atoms with Crippen molar-refractivity contribution in [2.24, 2.45) is 0 Å². The van der Waals surface area contributed by atoms with Crippen molar-refractivity contribution in [2.45, 2.75) is 13.5 Å². The van der Waals surface area contributed by atoms with Gasteiger partial charge in [0.2, 0.25) is 0 Å². The van der Waals surface area contributed by atoms with Gasteiger partial charge in [0.1, 0.15) is 11.5 Å². The lowest BCUT2D eigenvalue weighted by Gasteiger charge is -2.08. The van der Waals surface area contributed by atoms with Crippen molar-refractivity contribution < 1.29 is 9.66 Å². The number of ether oxygens (including phenoxy) is 1. The van der Waals surface area contributed by atoms with E-state index in [0.29, 0.717) is 17.1 Å². The Kier molecular flexibility index (Phi) is 4.32. The first-order valence-electron chi connectivity index (χ1n) is 6.26. The van der Waals surface area contributed by atoms with Crippen LogP contribution in [0.2, 0.25) is 0 Å². The number of hydrogen-bond donors (Lipinski definition) is 1. The summed E-state index contributed by atoms with van der Waals surface area (Å²) < 4.78 is 5.68. The lowest BCUT2D eigenvalue weighted by Crippen LogP contribution is -2.04. The van der Waals surface area contributed by atoms with Gasteiger partial charge in [-0.1, -0.05) is 12.1 Å². The highest BCUT2D eigenvalue weighted by Gasteiger charge is 2.12. The molecule has 104 valence electrons. The van der Waals surface area contributed by atoms with Crippen molar-refractivity contribution in [3.05, 3.63) is 63.7 Å². The Balaban J connectivity index is 2.23. The summed E-state index contributed by atoms with van der Waals surface area (Å²) in [6.07, 6.45) is 0. The third kappa shape index (κ3) is 3.33. The molecule has 0 amide bonds. The number of aryl methyl sites for hydroxylation is 1. The zero-order chi connectivity index (χ0) is 14.5. The second-order valence-corrected chi connectivity index (χ2v) is 4.49. The Hall–Kier alpha value is -2.40. The maximum atomic E-state index is 10.9. The SMILES string of the molecule is CNCc1cccc(Oc2ccc(C)c([N+](=O)[O-])c2)c1. The van der Waals surface area contributed by atoms with Gasteiger partial charge >= 0.3 is 0 Å². The summed E-state index contributed by atoms with van der Waals surface area (Å²) in [7, 11) is 1.87. The highest BCUT2D eigenvalue weighted by Crippen LogP contribution is 2.28. The average Bonchev–Trinajstić information content (AvgIpc) is 2.41. The first kappa shape index (κ1) is 14.0. The van der Waals surface area contributed by atoms with Crippen LogP contribution in [0.4, 0.5) is 5.69 Å². The smallest absolute Gasteiger partial charge is 0.276 e. The van der Waals surface area contributed by atoms with E-state index in [2.05, 4.69) is 5.32 Å². The maximum absolute atomic E-state index is 10.9. The van der Waals surface area contributed by atoms with Crippen molar-refractivity contribution in [3.8, 4) is 11.5 Å². The minimum Gasteiger partial charge on any atom is -0.457 e. The summed E-state index contributed by atoms with van der Waals surface area (Å²) in [4.78, 5) is 10.5. The third-order valence-corrected chi connectivity index (χ3v) is 2.89. The van der Waals surface area contributed by atoms with E-state index in [1.165, 1.54) is 6.07 Å². The number of nitrogens with one attached hydrogen (secondary N) is 1. The predicted octanol–water partition coefficient (Wildman–Crippen LogP) is 3.41. The molecule has 1 N–H and O–H groups in total. The summed E-state index contributed by atoms with van der Waals surface area (Å²) >= 11 is 0. The van der Waals surface area contributed by atoms with Gasteiger partial charge in [-0.25, -0.2) is 0 Å². The van der Waals surface area contributed by atoms with Crippen LogP contribution in [0.1, 0.15) is 11.1 Å². The molecule has 2 aromatic carbocycles. The van der Waals surface area contributed by atoms with Crippen molar-refractivity contribution in [1.29, 1.82) is 0 Å². The number of nitro groups is 1. The molecule has 0 aliphatic heterocycles. The summed E-state index contributed by atoms with van der Waals surface area (Å²) in [6.45, 7) is 2.45. The fourth-order valence-corrected chi connectivity index (χ4v) is 1.91. The van der Waals surface area contributed by atoms with Crippen LogP contribution < -0.4 is 10.1 Å². The molecule has 0 aromatic heterocycles. The Morgan fingerprint density at radius 1 is 1.20 bits per heavy atom. The maximum Gasteiger partial charge on any atom is 0.276 e. The first-order valence-corrected chi connectivity index (χ1v) is 6.26. The Morgan fingerprint density at radius 3 is 2.65 bits per heavy atom. The third-order valence-electron chi connectivity index (χ3n) is 2.89. The molecule has 0 saturated heterocycles. The molecule has 0 heterocycles. The van der Waals surface area contributed by atoms with E-state index in [0.717, 1.165) is 12.1 Å². The van der Waals surface area contributed by atoms with Crippen LogP contribution in [0, 0.1) is 17.0 Å². The fourth-order valence-electron chi connectivity index (χ4n) is 1.91. The van der Waals surface area contributed by atoms with Crippen molar-refractivity contribution in [2.75, 3.05) is 7.05 Å². The molecule has 0 spiro atoms. The number of nitrogens with zero attached hydrogens (tertiary/aromatic N) is 1. The van der Waals surface area contributed by atoms with Crippen LogP contribution in [0.15, 0.2) is 42.5 Å². The normalized spacial score (nSPS) is 10.3. The highest BCUT2D eigenvalue weighted by molar-refractivity contribution is 5.46. The van der Waals surface area contributed by atoms with Gasteiger partial charge in [-0.2, -0.15) is 0 Å². The van der Waals surface area contributed by atoms with Gasteiger partial charge in [0.25, 0.3) is 5.69 Å². The summed E-state index contributed by atoms with van der Waals surface area (Å²) in [6, 6.07) is 12.5. The minimum atomic E-state index is -0.403. The van der Waals surface area contributed by atoms with E-state index in [1.807, 2.05) is 31.3 Å². The van der Waals surface area contributed by atoms with Crippen molar-refractivity contribution in [1.82, 2.24) is 5.32 Å². The molecule has 0 aliphatic carbocycles. The Labute approximate surface area is 117 Å². The molecular weight excluding hydrogens is 256 g/mol. The van der Waals surface area contributed by atoms with Gasteiger partial charge in [0.05, 0.1) is 11.0 Å². The Morgan fingerprint density at radius 2 is 1.95 bits per heavy atom. The predicted molar refractivity (Wildman–Crippen MR) is 77.1 cm³/mol. The molecule has 2 aromatic rings. The molecule has 0 aliphatic rings. The van der Waals surface area contributed by atoms with E-state index in [1.54, 1.807) is 19.1 Å². The van der Waals surface area contributed by atoms with E-state index in [4.69, 9.17) is 4.74 Å². The van der Waals surface area contributed by atoms with Crippen LogP contribution in [0.3, 0.4) is 0 Å². The quantitative estimate of drug-likeness (QED) is 0.669. The zero-order valence-corrected chi connectivity index (χ0v) is 11.4. The Bertz CT molecular complexity index is 626. The molecule has 0 radical (unpaired) electrons. The molecule has 2 rings (SSSR count). The van der Waals surface area contributed by atoms with E-state index in [-0.39, 0.29) is 5.69 Å². The molecule has 0 unspecified atom stereocenters. The fraction of sp³-hybridized carbons (Fsp3) is 0.200. The lowest BCUT2D eigenvalue weighted by molar-refractivity contribution is -0.385. The summed E-state index contributed by atoms with van der Waals surface area (Å²) in [5, 5.41) is 14.0. The van der Waals surface area contributed by atoms with Gasteiger partial charge in [0, 0.05) is 12.1 Å². The summed E-state index contributed by atoms with van der Waals surface area (Å²) in [5.74, 6) is 1.12. The van der Waals surface area contributed by atoms with E-state index < -0.39 is 4.92 Å². The number of benzene rings is 2. The largest absolute Gasteiger partial charge is 0.457 e. The van der Waals surface area contributed by atoms with Crippen LogP contribution in [0.5, 0.6) is 11.5 Å². The van der Waals surface area contributed by atoms with E-state index >= 15 is 0 Å². The standard InChI is InChI=1S/C15H16N2O3/c1-11-6-7-14(9-15(11)17(18)19)20-13-5-3-4-12(8-13)10-16-2/h3-9,16H,10H2,1-2H3. The second kappa shape index (κ2) is 6.16. The monoisotopic (exact) mass is 272 g/mol. The molecule has 0 atom stereocenters. The average molecular weight is 272 g/mol. The van der Waals surface area contributed by atoms with Crippen molar-refractivity contribution in [3.63, 3.8) is 0 Å². The second-order valence-electron chi connectivity index (χ2n) is 4.49. The van der Waals surface area contributed by atoms with Crippen LogP contribution >= 0.6 is 0 Å². The van der Waals surface area contributed by atoms with Crippen LogP contribution in [0.25, 0.3) is 0 Å². The number of rotatable bonds is 5. The van der Waals surface area contributed by atoms with Gasteiger partial charge in [-0.3, -0.25) is 10.1 Å². The minimum absolute atomic E-state index is 0.0638. The topological polar surface area (TPSA) is 64.4 Å². The van der Waals surface area contributed by atoms with Gasteiger partial charge in [-0.05, 0) is 43.8 Å². The van der Waals surface area contributed by atoms with Gasteiger partial charge < -0.3 is 10.1 Å². The molecule has 0 fully saturated rings. The number of hydrogen-bond acceptors (Lipinski definition) is 4. The van der Waals surface area contributed by atoms with E-state index in [9.17, 15) is 10.1 Å². The molecule has 0 saturated carbocycles. The molecule has 5 heteroatoms. The molecule has 0 bridgehead atoms. The van der Waals surface area contributed by atoms with Crippen LogP contribution in [-0.2, 0) is 6.54 Å².